The lowest BCUT2D eigenvalue weighted by Gasteiger charge is -2.08. The molecule has 6 nitrogen and oxygen atoms in total. The summed E-state index contributed by atoms with van der Waals surface area (Å²) >= 11 is 7.40. The summed E-state index contributed by atoms with van der Waals surface area (Å²) in [5.74, 6) is 0.0470. The number of carbonyl (C=O) groups excluding carboxylic acids is 1. The molecular formula is C14H11ClN2O4S. The highest BCUT2D eigenvalue weighted by atomic mass is 35.5. The number of benzene rings is 2. The molecule has 2 aromatic carbocycles. The molecule has 0 bridgehead atoms. The van der Waals surface area contributed by atoms with Gasteiger partial charge >= 0.3 is 6.09 Å². The van der Waals surface area contributed by atoms with Gasteiger partial charge in [-0.15, -0.1) is 11.8 Å². The third-order valence-electron chi connectivity index (χ3n) is 2.65. The van der Waals surface area contributed by atoms with Crippen LogP contribution in [0.3, 0.4) is 0 Å². The van der Waals surface area contributed by atoms with E-state index in [0.29, 0.717) is 5.69 Å². The molecule has 0 fully saturated rings. The van der Waals surface area contributed by atoms with Gasteiger partial charge in [-0.05, 0) is 30.5 Å². The first-order valence-electron chi connectivity index (χ1n) is 6.06. The summed E-state index contributed by atoms with van der Waals surface area (Å²) in [6, 6.07) is 10.8. The van der Waals surface area contributed by atoms with Crippen molar-refractivity contribution in [3.05, 3.63) is 57.6 Å². The number of ether oxygens (including phenoxy) is 1. The normalized spacial score (nSPS) is 10.1. The number of anilines is 1. The van der Waals surface area contributed by atoms with Crippen LogP contribution in [0.25, 0.3) is 0 Å². The van der Waals surface area contributed by atoms with E-state index >= 15 is 0 Å². The van der Waals surface area contributed by atoms with Gasteiger partial charge < -0.3 is 4.74 Å². The van der Waals surface area contributed by atoms with Crippen LogP contribution in [0, 0.1) is 10.1 Å². The van der Waals surface area contributed by atoms with Gasteiger partial charge in [0.2, 0.25) is 0 Å². The van der Waals surface area contributed by atoms with E-state index in [2.05, 4.69) is 5.32 Å². The lowest BCUT2D eigenvalue weighted by molar-refractivity contribution is -0.384. The van der Waals surface area contributed by atoms with E-state index in [1.807, 2.05) is 12.3 Å². The maximum atomic E-state index is 11.8. The van der Waals surface area contributed by atoms with Crippen LogP contribution in [0.5, 0.6) is 5.75 Å². The molecule has 0 aromatic heterocycles. The first-order chi connectivity index (χ1) is 10.5. The number of hydrogen-bond acceptors (Lipinski definition) is 5. The molecule has 1 N–H and O–H groups in total. The number of halogens is 1. The average Bonchev–Trinajstić information content (AvgIpc) is 2.49. The predicted molar refractivity (Wildman–Crippen MR) is 86.0 cm³/mol. The van der Waals surface area contributed by atoms with Crippen LogP contribution in [0.15, 0.2) is 47.4 Å². The lowest BCUT2D eigenvalue weighted by atomic mass is 10.3. The topological polar surface area (TPSA) is 81.5 Å². The quantitative estimate of drug-likeness (QED) is 0.501. The first kappa shape index (κ1) is 16.1. The van der Waals surface area contributed by atoms with Crippen molar-refractivity contribution in [2.24, 2.45) is 0 Å². The van der Waals surface area contributed by atoms with Crippen LogP contribution >= 0.6 is 23.4 Å². The first-order valence-corrected chi connectivity index (χ1v) is 7.66. The summed E-state index contributed by atoms with van der Waals surface area (Å²) < 4.78 is 5.05. The van der Waals surface area contributed by atoms with Crippen LogP contribution < -0.4 is 10.1 Å². The molecule has 0 saturated carbocycles. The molecular weight excluding hydrogens is 328 g/mol. The van der Waals surface area contributed by atoms with Crippen molar-refractivity contribution in [3.8, 4) is 5.75 Å². The van der Waals surface area contributed by atoms with E-state index in [-0.39, 0.29) is 16.5 Å². The standard InChI is InChI=1S/C14H11ClN2O4S/c1-22-11-4-2-3-9(7-11)16-14(18)21-13-6-5-10(17(19)20)8-12(13)15/h2-8H,1H3,(H,16,18). The average molecular weight is 339 g/mol. The minimum Gasteiger partial charge on any atom is -0.408 e. The molecule has 2 rings (SSSR count). The molecule has 0 aliphatic heterocycles. The number of nitro groups is 1. The van der Waals surface area contributed by atoms with E-state index in [0.717, 1.165) is 11.0 Å². The second-order valence-electron chi connectivity index (χ2n) is 4.12. The summed E-state index contributed by atoms with van der Waals surface area (Å²) in [5.41, 5.74) is 0.403. The summed E-state index contributed by atoms with van der Waals surface area (Å²) in [6.07, 6.45) is 1.20. The molecule has 0 atom stereocenters. The molecule has 1 amide bonds. The minimum atomic E-state index is -0.728. The van der Waals surface area contributed by atoms with Crippen LogP contribution in [0.4, 0.5) is 16.2 Å². The maximum Gasteiger partial charge on any atom is 0.417 e. The Morgan fingerprint density at radius 2 is 2.09 bits per heavy atom. The Morgan fingerprint density at radius 1 is 1.32 bits per heavy atom. The summed E-state index contributed by atoms with van der Waals surface area (Å²) in [7, 11) is 0. The van der Waals surface area contributed by atoms with E-state index < -0.39 is 11.0 Å². The number of thioether (sulfide) groups is 1. The zero-order valence-corrected chi connectivity index (χ0v) is 13.0. The Bertz CT molecular complexity index is 724. The second kappa shape index (κ2) is 7.15. The number of nitro benzene ring substituents is 1. The number of nitrogens with zero attached hydrogens (tertiary/aromatic N) is 1. The molecule has 0 spiro atoms. The molecule has 0 saturated heterocycles. The summed E-state index contributed by atoms with van der Waals surface area (Å²) in [5, 5.41) is 13.2. The van der Waals surface area contributed by atoms with Gasteiger partial charge in [0.15, 0.2) is 5.75 Å². The number of hydrogen-bond donors (Lipinski definition) is 1. The fraction of sp³-hybridized carbons (Fsp3) is 0.0714. The van der Waals surface area contributed by atoms with E-state index in [1.165, 1.54) is 12.1 Å². The van der Waals surface area contributed by atoms with E-state index in [9.17, 15) is 14.9 Å². The van der Waals surface area contributed by atoms with Crippen LogP contribution in [0.1, 0.15) is 0 Å². The van der Waals surface area contributed by atoms with E-state index in [1.54, 1.807) is 30.0 Å². The number of carbonyl (C=O) groups is 1. The highest BCUT2D eigenvalue weighted by Gasteiger charge is 2.13. The number of amides is 1. The van der Waals surface area contributed by atoms with Crippen molar-refractivity contribution in [3.63, 3.8) is 0 Å². The van der Waals surface area contributed by atoms with Crippen molar-refractivity contribution in [2.75, 3.05) is 11.6 Å². The zero-order chi connectivity index (χ0) is 16.1. The number of non-ortho nitro benzene ring substituents is 1. The van der Waals surface area contributed by atoms with Gasteiger partial charge in [-0.3, -0.25) is 15.4 Å². The van der Waals surface area contributed by atoms with Gasteiger partial charge in [-0.1, -0.05) is 17.7 Å². The molecule has 22 heavy (non-hydrogen) atoms. The predicted octanol–water partition coefficient (Wildman–Crippen LogP) is 4.58. The highest BCUT2D eigenvalue weighted by Crippen LogP contribution is 2.29. The summed E-state index contributed by atoms with van der Waals surface area (Å²) in [6.45, 7) is 0. The fourth-order valence-electron chi connectivity index (χ4n) is 1.63. The van der Waals surface area contributed by atoms with Gasteiger partial charge in [0.1, 0.15) is 0 Å². The molecule has 0 heterocycles. The van der Waals surface area contributed by atoms with Crippen molar-refractivity contribution in [1.29, 1.82) is 0 Å². The van der Waals surface area contributed by atoms with Crippen LogP contribution in [-0.2, 0) is 0 Å². The second-order valence-corrected chi connectivity index (χ2v) is 5.41. The number of rotatable bonds is 4. The van der Waals surface area contributed by atoms with Gasteiger partial charge in [0.05, 0.1) is 9.95 Å². The van der Waals surface area contributed by atoms with Crippen molar-refractivity contribution >= 4 is 40.8 Å². The smallest absolute Gasteiger partial charge is 0.408 e. The van der Waals surface area contributed by atoms with Crippen LogP contribution in [0.2, 0.25) is 5.02 Å². The van der Waals surface area contributed by atoms with Gasteiger partial charge in [-0.2, -0.15) is 0 Å². The van der Waals surface area contributed by atoms with Gasteiger partial charge in [0.25, 0.3) is 5.69 Å². The lowest BCUT2D eigenvalue weighted by Crippen LogP contribution is -2.16. The van der Waals surface area contributed by atoms with E-state index in [4.69, 9.17) is 16.3 Å². The minimum absolute atomic E-state index is 0.0118. The Labute approximate surface area is 135 Å². The highest BCUT2D eigenvalue weighted by molar-refractivity contribution is 7.98. The molecule has 0 radical (unpaired) electrons. The molecule has 0 unspecified atom stereocenters. The SMILES string of the molecule is CSc1cccc(NC(=O)Oc2ccc([N+](=O)[O-])cc2Cl)c1. The molecule has 0 aliphatic rings. The summed E-state index contributed by atoms with van der Waals surface area (Å²) in [4.78, 5) is 22.8. The zero-order valence-electron chi connectivity index (χ0n) is 11.4. The maximum absolute atomic E-state index is 11.8. The molecule has 8 heteroatoms. The Kier molecular flexibility index (Phi) is 5.24. The molecule has 2 aromatic rings. The molecule has 114 valence electrons. The van der Waals surface area contributed by atoms with Crippen molar-refractivity contribution in [2.45, 2.75) is 4.90 Å². The third-order valence-corrected chi connectivity index (χ3v) is 3.67. The Morgan fingerprint density at radius 3 is 2.73 bits per heavy atom. The Hall–Kier alpha value is -2.25. The van der Waals surface area contributed by atoms with Gasteiger partial charge in [0, 0.05) is 22.7 Å². The Balaban J connectivity index is 2.07. The fourth-order valence-corrected chi connectivity index (χ4v) is 2.30. The third kappa shape index (κ3) is 4.12. The van der Waals surface area contributed by atoms with Crippen LogP contribution in [-0.4, -0.2) is 17.3 Å². The van der Waals surface area contributed by atoms with Gasteiger partial charge in [-0.25, -0.2) is 4.79 Å². The molecule has 0 aliphatic carbocycles. The van der Waals surface area contributed by atoms with Crippen molar-refractivity contribution in [1.82, 2.24) is 0 Å². The number of nitrogens with one attached hydrogen (secondary N) is 1. The monoisotopic (exact) mass is 338 g/mol. The largest absolute Gasteiger partial charge is 0.417 e. The van der Waals surface area contributed by atoms with Crippen molar-refractivity contribution < 1.29 is 14.5 Å².